The number of H-pyrrole nitrogens is 1. The molecule has 1 aromatic heterocycles. The average molecular weight is 472 g/mol. The summed E-state index contributed by atoms with van der Waals surface area (Å²) in [7, 11) is 1.52. The molecule has 1 saturated heterocycles. The Bertz CT molecular complexity index is 1330. The molecule has 0 atom stereocenters. The molecular weight excluding hydrogens is 446 g/mol. The molecule has 0 saturated carbocycles. The second-order valence-corrected chi connectivity index (χ2v) is 8.25. The minimum Gasteiger partial charge on any atom is -0.496 e. The number of hydrogen-bond acceptors (Lipinski definition) is 6. The molecule has 9 heteroatoms. The normalized spacial score (nSPS) is 13.6. The first-order valence-corrected chi connectivity index (χ1v) is 11.4. The van der Waals surface area contributed by atoms with E-state index in [0.717, 1.165) is 5.56 Å². The van der Waals surface area contributed by atoms with E-state index in [2.05, 4.69) is 15.4 Å². The lowest BCUT2D eigenvalue weighted by atomic mass is 10.1. The largest absolute Gasteiger partial charge is 0.496 e. The van der Waals surface area contributed by atoms with E-state index in [9.17, 15) is 9.59 Å². The molecule has 4 aromatic rings. The van der Waals surface area contributed by atoms with Crippen molar-refractivity contribution in [2.24, 2.45) is 0 Å². The maximum Gasteiger partial charge on any atom is 0.257 e. The fourth-order valence-corrected chi connectivity index (χ4v) is 4.11. The molecule has 0 aliphatic carbocycles. The van der Waals surface area contributed by atoms with Crippen molar-refractivity contribution in [2.45, 2.75) is 6.61 Å². The summed E-state index contributed by atoms with van der Waals surface area (Å²) in [5, 5.41) is 10.6. The monoisotopic (exact) mass is 471 g/mol. The van der Waals surface area contributed by atoms with Crippen molar-refractivity contribution < 1.29 is 19.1 Å². The van der Waals surface area contributed by atoms with Gasteiger partial charge in [-0.1, -0.05) is 30.3 Å². The second kappa shape index (κ2) is 9.84. The van der Waals surface area contributed by atoms with Crippen molar-refractivity contribution in [1.82, 2.24) is 25.2 Å². The van der Waals surface area contributed by atoms with Gasteiger partial charge < -0.3 is 19.3 Å². The van der Waals surface area contributed by atoms with Crippen molar-refractivity contribution in [1.29, 1.82) is 0 Å². The number of fused-ring (bicyclic) bond motifs is 1. The highest BCUT2D eigenvalue weighted by Gasteiger charge is 2.27. The Kier molecular flexibility index (Phi) is 6.30. The van der Waals surface area contributed by atoms with Crippen LogP contribution in [0.25, 0.3) is 11.0 Å². The number of aromatic amines is 1. The highest BCUT2D eigenvalue weighted by Crippen LogP contribution is 2.25. The van der Waals surface area contributed by atoms with E-state index in [0.29, 0.717) is 66.4 Å². The molecule has 1 N–H and O–H groups in total. The maximum atomic E-state index is 13.2. The topological polar surface area (TPSA) is 101 Å². The van der Waals surface area contributed by atoms with Gasteiger partial charge in [0, 0.05) is 37.8 Å². The number of rotatable bonds is 6. The van der Waals surface area contributed by atoms with Crippen LogP contribution in [0.4, 0.5) is 0 Å². The summed E-state index contributed by atoms with van der Waals surface area (Å²) in [6, 6.07) is 20.5. The van der Waals surface area contributed by atoms with Gasteiger partial charge in [-0.25, -0.2) is 0 Å². The molecule has 1 fully saturated rings. The summed E-state index contributed by atoms with van der Waals surface area (Å²) in [6.45, 7) is 2.24. The van der Waals surface area contributed by atoms with E-state index in [-0.39, 0.29) is 11.8 Å². The van der Waals surface area contributed by atoms with Gasteiger partial charge in [-0.05, 0) is 35.9 Å². The number of methoxy groups -OCH3 is 1. The molecule has 0 radical (unpaired) electrons. The molecule has 0 bridgehead atoms. The van der Waals surface area contributed by atoms with Gasteiger partial charge in [-0.2, -0.15) is 15.4 Å². The van der Waals surface area contributed by atoms with Crippen LogP contribution in [-0.4, -0.2) is 70.3 Å². The highest BCUT2D eigenvalue weighted by molar-refractivity contribution is 6.00. The average Bonchev–Trinajstić information content (AvgIpc) is 3.39. The van der Waals surface area contributed by atoms with Crippen molar-refractivity contribution in [3.63, 3.8) is 0 Å². The molecular formula is C26H25N5O4. The lowest BCUT2D eigenvalue weighted by Gasteiger charge is -2.35. The quantitative estimate of drug-likeness (QED) is 0.464. The first kappa shape index (κ1) is 22.4. The molecule has 2 heterocycles. The van der Waals surface area contributed by atoms with Crippen molar-refractivity contribution in [2.75, 3.05) is 33.3 Å². The van der Waals surface area contributed by atoms with Crippen LogP contribution in [0.1, 0.15) is 26.3 Å². The first-order valence-electron chi connectivity index (χ1n) is 11.4. The fraction of sp³-hybridized carbons (Fsp3) is 0.231. The van der Waals surface area contributed by atoms with Crippen molar-refractivity contribution in [3.8, 4) is 11.5 Å². The summed E-state index contributed by atoms with van der Waals surface area (Å²) < 4.78 is 11.2. The van der Waals surface area contributed by atoms with Crippen LogP contribution in [0.5, 0.6) is 11.5 Å². The number of carbonyl (C=O) groups excluding carboxylic acids is 2. The van der Waals surface area contributed by atoms with E-state index in [1.54, 1.807) is 34.1 Å². The summed E-state index contributed by atoms with van der Waals surface area (Å²) in [4.78, 5) is 29.7. The van der Waals surface area contributed by atoms with E-state index in [1.807, 2.05) is 42.5 Å². The van der Waals surface area contributed by atoms with Crippen LogP contribution in [-0.2, 0) is 6.61 Å². The number of benzene rings is 3. The third-order valence-corrected chi connectivity index (χ3v) is 6.07. The van der Waals surface area contributed by atoms with Gasteiger partial charge in [-0.3, -0.25) is 9.59 Å². The van der Waals surface area contributed by atoms with Gasteiger partial charge >= 0.3 is 0 Å². The zero-order valence-electron chi connectivity index (χ0n) is 19.3. The standard InChI is InChI=1S/C26H25N5O4/c1-34-24-16-23-22(27-29-28-23)15-21(24)26(33)31-13-11-30(12-14-31)25(32)19-7-9-20(10-8-19)35-17-18-5-3-2-4-6-18/h2-10,15-16H,11-14,17H2,1H3,(H,27,28,29). The van der Waals surface area contributed by atoms with Crippen molar-refractivity contribution in [3.05, 3.63) is 83.4 Å². The van der Waals surface area contributed by atoms with Gasteiger partial charge in [0.05, 0.1) is 12.7 Å². The second-order valence-electron chi connectivity index (χ2n) is 8.25. The Morgan fingerprint density at radius 3 is 2.14 bits per heavy atom. The van der Waals surface area contributed by atoms with Gasteiger partial charge in [-0.15, -0.1) is 0 Å². The number of nitrogens with one attached hydrogen (secondary N) is 1. The zero-order chi connectivity index (χ0) is 24.2. The number of aromatic nitrogens is 3. The number of piperazine rings is 1. The van der Waals surface area contributed by atoms with E-state index >= 15 is 0 Å². The minimum atomic E-state index is -0.154. The third kappa shape index (κ3) is 4.79. The van der Waals surface area contributed by atoms with Crippen LogP contribution in [0.15, 0.2) is 66.7 Å². The molecule has 3 aromatic carbocycles. The molecule has 9 nitrogen and oxygen atoms in total. The van der Waals surface area contributed by atoms with Crippen LogP contribution in [0.2, 0.25) is 0 Å². The number of amides is 2. The number of hydrogen-bond donors (Lipinski definition) is 1. The lowest BCUT2D eigenvalue weighted by Crippen LogP contribution is -2.50. The number of carbonyl (C=O) groups is 2. The first-order chi connectivity index (χ1) is 17.1. The predicted molar refractivity (Wildman–Crippen MR) is 129 cm³/mol. The Balaban J connectivity index is 1.18. The molecule has 1 aliphatic rings. The predicted octanol–water partition coefficient (Wildman–Crippen LogP) is 3.14. The number of ether oxygens (including phenoxy) is 2. The van der Waals surface area contributed by atoms with Gasteiger partial charge in [0.2, 0.25) is 0 Å². The summed E-state index contributed by atoms with van der Waals surface area (Å²) >= 11 is 0. The molecule has 5 rings (SSSR count). The van der Waals surface area contributed by atoms with E-state index in [4.69, 9.17) is 9.47 Å². The maximum absolute atomic E-state index is 13.2. The Morgan fingerprint density at radius 2 is 1.49 bits per heavy atom. The smallest absolute Gasteiger partial charge is 0.257 e. The van der Waals surface area contributed by atoms with Crippen LogP contribution in [0.3, 0.4) is 0 Å². The Hall–Kier alpha value is -4.40. The lowest BCUT2D eigenvalue weighted by molar-refractivity contribution is 0.0533. The van der Waals surface area contributed by atoms with Gasteiger partial charge in [0.25, 0.3) is 11.8 Å². The Labute approximate surface area is 202 Å². The van der Waals surface area contributed by atoms with Crippen LogP contribution >= 0.6 is 0 Å². The van der Waals surface area contributed by atoms with Crippen molar-refractivity contribution >= 4 is 22.8 Å². The van der Waals surface area contributed by atoms with E-state index < -0.39 is 0 Å². The van der Waals surface area contributed by atoms with Crippen LogP contribution in [0, 0.1) is 0 Å². The highest BCUT2D eigenvalue weighted by atomic mass is 16.5. The van der Waals surface area contributed by atoms with Gasteiger partial charge in [0.15, 0.2) is 0 Å². The SMILES string of the molecule is COc1cc2n[nH]nc2cc1C(=O)N1CCN(C(=O)c2ccc(OCc3ccccc3)cc2)CC1. The van der Waals surface area contributed by atoms with Crippen LogP contribution < -0.4 is 9.47 Å². The van der Waals surface area contributed by atoms with Gasteiger partial charge in [0.1, 0.15) is 29.1 Å². The molecule has 35 heavy (non-hydrogen) atoms. The summed E-state index contributed by atoms with van der Waals surface area (Å²) in [5.74, 6) is 0.940. The zero-order valence-corrected chi connectivity index (χ0v) is 19.3. The molecule has 0 spiro atoms. The Morgan fingerprint density at radius 1 is 0.857 bits per heavy atom. The fourth-order valence-electron chi connectivity index (χ4n) is 4.11. The summed E-state index contributed by atoms with van der Waals surface area (Å²) in [5.41, 5.74) is 3.33. The third-order valence-electron chi connectivity index (χ3n) is 6.07. The molecule has 0 unspecified atom stereocenters. The minimum absolute atomic E-state index is 0.0618. The molecule has 2 amide bonds. The molecule has 1 aliphatic heterocycles. The number of nitrogens with zero attached hydrogens (tertiary/aromatic N) is 4. The molecule has 178 valence electrons. The summed E-state index contributed by atoms with van der Waals surface area (Å²) in [6.07, 6.45) is 0. The van der Waals surface area contributed by atoms with E-state index in [1.165, 1.54) is 7.11 Å².